The number of nitrogens with zero attached hydrogens (tertiary/aromatic N) is 1. The van der Waals surface area contributed by atoms with Crippen LogP contribution in [0.4, 0.5) is 0 Å². The predicted molar refractivity (Wildman–Crippen MR) is 114 cm³/mol. The first-order valence-corrected chi connectivity index (χ1v) is 9.70. The number of fused-ring (bicyclic) bond motifs is 1. The van der Waals surface area contributed by atoms with Crippen LogP contribution in [0.25, 0.3) is 10.9 Å². The molecule has 2 heterocycles. The molecule has 0 amide bonds. The average Bonchev–Trinajstić information content (AvgIpc) is 2.73. The largest absolute Gasteiger partial charge is 0.505 e. The Balaban J connectivity index is 1.80. The second-order valence-electron chi connectivity index (χ2n) is 7.14. The highest BCUT2D eigenvalue weighted by molar-refractivity contribution is 5.85. The van der Waals surface area contributed by atoms with Crippen molar-refractivity contribution in [2.75, 3.05) is 6.54 Å². The molecule has 1 unspecified atom stereocenters. The first-order chi connectivity index (χ1) is 13.7. The van der Waals surface area contributed by atoms with Crippen LogP contribution in [0.3, 0.4) is 0 Å². The molecule has 4 rings (SSSR count). The highest BCUT2D eigenvalue weighted by Gasteiger charge is 2.21. The molecule has 0 spiro atoms. The Kier molecular flexibility index (Phi) is 5.02. The van der Waals surface area contributed by atoms with Crippen LogP contribution in [-0.4, -0.2) is 16.6 Å². The summed E-state index contributed by atoms with van der Waals surface area (Å²) in [4.78, 5) is 4.39. The van der Waals surface area contributed by atoms with Gasteiger partial charge in [0.1, 0.15) is 11.3 Å². The van der Waals surface area contributed by atoms with E-state index in [1.807, 2.05) is 24.3 Å². The first-order valence-electron chi connectivity index (χ1n) is 9.70. The van der Waals surface area contributed by atoms with Gasteiger partial charge in [0.25, 0.3) is 0 Å². The Morgan fingerprint density at radius 1 is 1.14 bits per heavy atom. The molecule has 1 aromatic heterocycles. The molecule has 0 aliphatic carbocycles. The van der Waals surface area contributed by atoms with E-state index in [-0.39, 0.29) is 11.8 Å². The monoisotopic (exact) mass is 371 g/mol. The summed E-state index contributed by atoms with van der Waals surface area (Å²) in [7, 11) is 0. The predicted octanol–water partition coefficient (Wildman–Crippen LogP) is 4.57. The summed E-state index contributed by atoms with van der Waals surface area (Å²) in [6.45, 7) is 5.03. The summed E-state index contributed by atoms with van der Waals surface area (Å²) in [5.74, 6) is 1.17. The fourth-order valence-electron chi connectivity index (χ4n) is 3.57. The summed E-state index contributed by atoms with van der Waals surface area (Å²) in [6.07, 6.45) is 6.95. The summed E-state index contributed by atoms with van der Waals surface area (Å²) < 4.78 is 0. The molecule has 4 nitrogen and oxygen atoms in total. The zero-order valence-electron chi connectivity index (χ0n) is 16.2. The third-order valence-corrected chi connectivity index (χ3v) is 5.20. The second kappa shape index (κ2) is 7.77. The summed E-state index contributed by atoms with van der Waals surface area (Å²) in [5.41, 5.74) is 5.04. The topological polar surface area (TPSA) is 57.2 Å². The van der Waals surface area contributed by atoms with Crippen molar-refractivity contribution in [2.45, 2.75) is 26.3 Å². The standard InChI is InChI=1S/C24H25N3O/c1-3-17-6-8-19(9-7-17)22(27-21-15-16(2)12-14-25-21)20-11-10-18-5-4-13-26-23(18)24(20)28/h4-13,15,22,25,27-28H,3,14H2,1-2H3. The van der Waals surface area contributed by atoms with E-state index in [0.717, 1.165) is 35.3 Å². The number of aryl methyl sites for hydroxylation is 1. The van der Waals surface area contributed by atoms with Gasteiger partial charge in [0.05, 0.1) is 11.9 Å². The van der Waals surface area contributed by atoms with Crippen molar-refractivity contribution in [1.82, 2.24) is 15.6 Å². The molecule has 1 aliphatic rings. The van der Waals surface area contributed by atoms with Crippen LogP contribution in [0.5, 0.6) is 5.75 Å². The van der Waals surface area contributed by atoms with Crippen LogP contribution >= 0.6 is 0 Å². The Morgan fingerprint density at radius 3 is 2.71 bits per heavy atom. The van der Waals surface area contributed by atoms with Crippen molar-refractivity contribution >= 4 is 10.9 Å². The van der Waals surface area contributed by atoms with E-state index in [1.54, 1.807) is 6.20 Å². The van der Waals surface area contributed by atoms with Gasteiger partial charge in [-0.1, -0.05) is 55.5 Å². The highest BCUT2D eigenvalue weighted by atomic mass is 16.3. The molecule has 3 aromatic rings. The number of aromatic nitrogens is 1. The smallest absolute Gasteiger partial charge is 0.147 e. The number of allylic oxidation sites excluding steroid dienone is 2. The van der Waals surface area contributed by atoms with Crippen molar-refractivity contribution in [3.63, 3.8) is 0 Å². The van der Waals surface area contributed by atoms with Crippen molar-refractivity contribution in [2.24, 2.45) is 0 Å². The maximum absolute atomic E-state index is 11.0. The number of benzene rings is 2. The van der Waals surface area contributed by atoms with Gasteiger partial charge < -0.3 is 15.7 Å². The molecule has 1 aliphatic heterocycles. The number of phenols is 1. The van der Waals surface area contributed by atoms with E-state index < -0.39 is 0 Å². The molecule has 4 heteroatoms. The molecule has 0 bridgehead atoms. The number of hydrogen-bond acceptors (Lipinski definition) is 4. The lowest BCUT2D eigenvalue weighted by Crippen LogP contribution is -2.32. The molecular weight excluding hydrogens is 346 g/mol. The minimum atomic E-state index is -0.193. The highest BCUT2D eigenvalue weighted by Crippen LogP contribution is 2.35. The van der Waals surface area contributed by atoms with Gasteiger partial charge >= 0.3 is 0 Å². The molecule has 3 N–H and O–H groups in total. The number of hydrogen-bond donors (Lipinski definition) is 3. The summed E-state index contributed by atoms with van der Waals surface area (Å²) >= 11 is 0. The molecule has 0 radical (unpaired) electrons. The van der Waals surface area contributed by atoms with E-state index in [0.29, 0.717) is 5.52 Å². The van der Waals surface area contributed by atoms with Gasteiger partial charge in [-0.2, -0.15) is 0 Å². The lowest BCUT2D eigenvalue weighted by atomic mass is 9.95. The van der Waals surface area contributed by atoms with Gasteiger partial charge in [0.2, 0.25) is 0 Å². The van der Waals surface area contributed by atoms with Crippen LogP contribution < -0.4 is 10.6 Å². The van der Waals surface area contributed by atoms with Gasteiger partial charge in [0, 0.05) is 23.7 Å². The Morgan fingerprint density at radius 2 is 1.96 bits per heavy atom. The fraction of sp³-hybridized carbons (Fsp3) is 0.208. The van der Waals surface area contributed by atoms with Gasteiger partial charge in [-0.15, -0.1) is 0 Å². The van der Waals surface area contributed by atoms with E-state index >= 15 is 0 Å². The quantitative estimate of drug-likeness (QED) is 0.615. The molecular formula is C24H25N3O. The number of aromatic hydroxyl groups is 1. The molecule has 0 saturated carbocycles. The van der Waals surface area contributed by atoms with Gasteiger partial charge in [0.15, 0.2) is 0 Å². The van der Waals surface area contributed by atoms with E-state index in [1.165, 1.54) is 11.1 Å². The third kappa shape index (κ3) is 3.58. The van der Waals surface area contributed by atoms with E-state index in [4.69, 9.17) is 0 Å². The molecule has 0 saturated heterocycles. The molecule has 0 fully saturated rings. The molecule has 1 atom stereocenters. The zero-order chi connectivity index (χ0) is 19.5. The number of pyridine rings is 1. The Labute approximate surface area is 165 Å². The normalized spacial score (nSPS) is 14.8. The maximum Gasteiger partial charge on any atom is 0.147 e. The Bertz CT molecular complexity index is 1050. The summed E-state index contributed by atoms with van der Waals surface area (Å²) in [5, 5.41) is 18.9. The SMILES string of the molecule is CCc1ccc(C(NC2=CC(C)=CCN2)c2ccc3cccnc3c2O)cc1. The van der Waals surface area contributed by atoms with E-state index in [2.05, 4.69) is 65.9 Å². The first kappa shape index (κ1) is 18.1. The fourth-order valence-corrected chi connectivity index (χ4v) is 3.57. The van der Waals surface area contributed by atoms with E-state index in [9.17, 15) is 5.11 Å². The van der Waals surface area contributed by atoms with Crippen LogP contribution in [0.2, 0.25) is 0 Å². The lowest BCUT2D eigenvalue weighted by molar-refractivity contribution is 0.465. The van der Waals surface area contributed by atoms with Crippen LogP contribution in [0, 0.1) is 0 Å². The second-order valence-corrected chi connectivity index (χ2v) is 7.14. The minimum Gasteiger partial charge on any atom is -0.505 e. The van der Waals surface area contributed by atoms with Gasteiger partial charge in [-0.05, 0) is 42.2 Å². The van der Waals surface area contributed by atoms with Crippen LogP contribution in [-0.2, 0) is 6.42 Å². The zero-order valence-corrected chi connectivity index (χ0v) is 16.2. The number of nitrogens with one attached hydrogen (secondary N) is 2. The van der Waals surface area contributed by atoms with Crippen molar-refractivity contribution in [3.8, 4) is 5.75 Å². The van der Waals surface area contributed by atoms with Crippen molar-refractivity contribution in [3.05, 3.63) is 95.0 Å². The summed E-state index contributed by atoms with van der Waals surface area (Å²) in [6, 6.07) is 16.2. The van der Waals surface area contributed by atoms with Crippen molar-refractivity contribution in [1.29, 1.82) is 0 Å². The minimum absolute atomic E-state index is 0.193. The molecule has 2 aromatic carbocycles. The van der Waals surface area contributed by atoms with Gasteiger partial charge in [-0.25, -0.2) is 0 Å². The third-order valence-electron chi connectivity index (χ3n) is 5.20. The average molecular weight is 371 g/mol. The van der Waals surface area contributed by atoms with Crippen LogP contribution in [0.1, 0.15) is 36.6 Å². The number of dihydropyridines is 1. The Hall–Kier alpha value is -3.27. The van der Waals surface area contributed by atoms with Gasteiger partial charge in [-0.3, -0.25) is 4.98 Å². The number of phenolic OH excluding ortho intramolecular Hbond substituents is 1. The number of rotatable bonds is 5. The van der Waals surface area contributed by atoms with Crippen molar-refractivity contribution < 1.29 is 5.11 Å². The molecule has 28 heavy (non-hydrogen) atoms. The lowest BCUT2D eigenvalue weighted by Gasteiger charge is -2.26. The van der Waals surface area contributed by atoms with Crippen LogP contribution in [0.15, 0.2) is 78.3 Å². The molecule has 142 valence electrons. The maximum atomic E-state index is 11.0.